The van der Waals surface area contributed by atoms with Crippen LogP contribution in [0.5, 0.6) is 5.75 Å². The highest BCUT2D eigenvalue weighted by Crippen LogP contribution is 2.49. The smallest absolute Gasteiger partial charge is 0.139 e. The summed E-state index contributed by atoms with van der Waals surface area (Å²) in [5, 5.41) is 10.2. The van der Waals surface area contributed by atoms with Crippen molar-refractivity contribution in [2.45, 2.75) is 0 Å². The highest BCUT2D eigenvalue weighted by Gasteiger charge is 2.19. The molecule has 2 rings (SSSR count). The number of hydrogen-bond donors (Lipinski definition) is 1. The van der Waals surface area contributed by atoms with Crippen molar-refractivity contribution >= 4 is 63.7 Å². The normalized spacial score (nSPS) is 10.6. The number of hydrogen-bond acceptors (Lipinski definition) is 1. The maximum atomic E-state index is 10.2. The lowest BCUT2D eigenvalue weighted by Gasteiger charge is -2.13. The standard InChI is InChI=1S/C12H6Br4O/c13-8-7(6-4-2-1-3-5-6)12(17)11(16)10(15)9(8)14/h1-5,17H. The average Bonchev–Trinajstić information content (AvgIpc) is 2.36. The molecular weight excluding hydrogens is 480 g/mol. The molecule has 2 aromatic carbocycles. The first-order valence-electron chi connectivity index (χ1n) is 4.64. The number of phenolic OH excluding ortho intramolecular Hbond substituents is 1. The fourth-order valence-corrected chi connectivity index (χ4v) is 3.81. The van der Waals surface area contributed by atoms with Gasteiger partial charge in [0.25, 0.3) is 0 Å². The van der Waals surface area contributed by atoms with Crippen molar-refractivity contribution in [2.24, 2.45) is 0 Å². The third-order valence-electron chi connectivity index (χ3n) is 2.30. The van der Waals surface area contributed by atoms with E-state index in [2.05, 4.69) is 63.7 Å². The minimum absolute atomic E-state index is 0.207. The zero-order chi connectivity index (χ0) is 12.6. The van der Waals surface area contributed by atoms with Crippen LogP contribution >= 0.6 is 63.7 Å². The van der Waals surface area contributed by atoms with Crippen LogP contribution in [0.4, 0.5) is 0 Å². The van der Waals surface area contributed by atoms with Gasteiger partial charge in [-0.3, -0.25) is 0 Å². The van der Waals surface area contributed by atoms with Crippen molar-refractivity contribution in [3.63, 3.8) is 0 Å². The van der Waals surface area contributed by atoms with E-state index in [-0.39, 0.29) is 5.75 Å². The molecule has 0 heterocycles. The summed E-state index contributed by atoms with van der Waals surface area (Å²) in [5.74, 6) is 0.207. The topological polar surface area (TPSA) is 20.2 Å². The molecule has 88 valence electrons. The fourth-order valence-electron chi connectivity index (χ4n) is 1.49. The summed E-state index contributed by atoms with van der Waals surface area (Å²) in [4.78, 5) is 0. The van der Waals surface area contributed by atoms with E-state index in [4.69, 9.17) is 0 Å². The minimum Gasteiger partial charge on any atom is -0.506 e. The first kappa shape index (κ1) is 13.6. The summed E-state index contributed by atoms with van der Waals surface area (Å²) in [6.07, 6.45) is 0. The van der Waals surface area contributed by atoms with Crippen LogP contribution in [-0.2, 0) is 0 Å². The quantitative estimate of drug-likeness (QED) is 0.382. The van der Waals surface area contributed by atoms with Crippen LogP contribution in [0, 0.1) is 0 Å². The molecule has 0 radical (unpaired) electrons. The van der Waals surface area contributed by atoms with Gasteiger partial charge in [0, 0.05) is 14.5 Å². The molecule has 0 fully saturated rings. The number of rotatable bonds is 1. The van der Waals surface area contributed by atoms with Gasteiger partial charge in [-0.1, -0.05) is 30.3 Å². The predicted octanol–water partition coefficient (Wildman–Crippen LogP) is 6.11. The maximum absolute atomic E-state index is 10.2. The van der Waals surface area contributed by atoms with E-state index >= 15 is 0 Å². The van der Waals surface area contributed by atoms with Gasteiger partial charge < -0.3 is 5.11 Å². The monoisotopic (exact) mass is 482 g/mol. The Morgan fingerprint density at radius 3 is 1.82 bits per heavy atom. The molecule has 0 saturated heterocycles. The van der Waals surface area contributed by atoms with Crippen molar-refractivity contribution < 1.29 is 5.11 Å². The Bertz CT molecular complexity index is 537. The van der Waals surface area contributed by atoms with Crippen molar-refractivity contribution in [2.75, 3.05) is 0 Å². The van der Waals surface area contributed by atoms with Crippen LogP contribution < -0.4 is 0 Å². The van der Waals surface area contributed by atoms with Gasteiger partial charge >= 0.3 is 0 Å². The fraction of sp³-hybridized carbons (Fsp3) is 0. The Balaban J connectivity index is 2.80. The molecule has 0 aromatic heterocycles. The van der Waals surface area contributed by atoms with Crippen molar-refractivity contribution in [3.8, 4) is 16.9 Å². The summed E-state index contributed by atoms with van der Waals surface area (Å²) >= 11 is 13.7. The largest absolute Gasteiger partial charge is 0.506 e. The molecular formula is C12H6Br4O. The number of aromatic hydroxyl groups is 1. The highest BCUT2D eigenvalue weighted by atomic mass is 79.9. The second kappa shape index (κ2) is 5.43. The SMILES string of the molecule is Oc1c(Br)c(Br)c(Br)c(Br)c1-c1ccccc1. The summed E-state index contributed by atoms with van der Waals surface area (Å²) in [6, 6.07) is 9.72. The molecule has 0 bridgehead atoms. The Morgan fingerprint density at radius 1 is 0.706 bits per heavy atom. The lowest BCUT2D eigenvalue weighted by molar-refractivity contribution is 0.473. The van der Waals surface area contributed by atoms with Gasteiger partial charge in [0.2, 0.25) is 0 Å². The van der Waals surface area contributed by atoms with Gasteiger partial charge in [0.1, 0.15) is 5.75 Å². The third kappa shape index (κ3) is 2.48. The lowest BCUT2D eigenvalue weighted by atomic mass is 10.1. The second-order valence-electron chi connectivity index (χ2n) is 3.35. The summed E-state index contributed by atoms with van der Waals surface area (Å²) in [6.45, 7) is 0. The lowest BCUT2D eigenvalue weighted by Crippen LogP contribution is -1.86. The molecule has 17 heavy (non-hydrogen) atoms. The van der Waals surface area contributed by atoms with E-state index in [1.165, 1.54) is 0 Å². The molecule has 1 N–H and O–H groups in total. The number of halogens is 4. The molecule has 0 saturated carbocycles. The molecule has 5 heteroatoms. The van der Waals surface area contributed by atoms with Crippen LogP contribution in [-0.4, -0.2) is 5.11 Å². The first-order valence-corrected chi connectivity index (χ1v) is 7.81. The summed E-state index contributed by atoms with van der Waals surface area (Å²) in [5.41, 5.74) is 1.71. The van der Waals surface area contributed by atoms with Crippen LogP contribution in [0.25, 0.3) is 11.1 Å². The maximum Gasteiger partial charge on any atom is 0.139 e. The Labute approximate surface area is 133 Å². The first-order chi connectivity index (χ1) is 8.04. The van der Waals surface area contributed by atoms with E-state index in [1.807, 2.05) is 30.3 Å². The van der Waals surface area contributed by atoms with Gasteiger partial charge in [-0.25, -0.2) is 0 Å². The molecule has 0 spiro atoms. The average molecular weight is 486 g/mol. The summed E-state index contributed by atoms with van der Waals surface area (Å²) in [7, 11) is 0. The number of phenols is 1. The van der Waals surface area contributed by atoms with Gasteiger partial charge in [-0.2, -0.15) is 0 Å². The minimum atomic E-state index is 0.207. The zero-order valence-corrected chi connectivity index (χ0v) is 14.7. The van der Waals surface area contributed by atoms with Crippen molar-refractivity contribution in [1.29, 1.82) is 0 Å². The van der Waals surface area contributed by atoms with E-state index in [0.29, 0.717) is 4.47 Å². The van der Waals surface area contributed by atoms with E-state index < -0.39 is 0 Å². The Hall–Kier alpha value is 0.160. The molecule has 0 unspecified atom stereocenters. The molecule has 1 nitrogen and oxygen atoms in total. The second-order valence-corrected chi connectivity index (χ2v) is 6.52. The van der Waals surface area contributed by atoms with Gasteiger partial charge in [-0.05, 0) is 69.3 Å². The van der Waals surface area contributed by atoms with Gasteiger partial charge in [0.15, 0.2) is 0 Å². The highest BCUT2D eigenvalue weighted by molar-refractivity contribution is 9.15. The summed E-state index contributed by atoms with van der Waals surface area (Å²) < 4.78 is 3.09. The molecule has 2 aromatic rings. The van der Waals surface area contributed by atoms with Gasteiger partial charge in [0.05, 0.1) is 8.95 Å². The Kier molecular flexibility index (Phi) is 4.34. The van der Waals surface area contributed by atoms with Crippen molar-refractivity contribution in [1.82, 2.24) is 0 Å². The van der Waals surface area contributed by atoms with Crippen LogP contribution in [0.2, 0.25) is 0 Å². The number of benzene rings is 2. The molecule has 0 amide bonds. The molecule has 0 aliphatic carbocycles. The zero-order valence-electron chi connectivity index (χ0n) is 8.35. The molecule has 0 aliphatic heterocycles. The van der Waals surface area contributed by atoms with Crippen LogP contribution in [0.3, 0.4) is 0 Å². The third-order valence-corrected chi connectivity index (χ3v) is 7.05. The van der Waals surface area contributed by atoms with Crippen molar-refractivity contribution in [3.05, 3.63) is 48.2 Å². The molecule has 0 aliphatic rings. The van der Waals surface area contributed by atoms with Crippen LogP contribution in [0.15, 0.2) is 48.2 Å². The van der Waals surface area contributed by atoms with Gasteiger partial charge in [-0.15, -0.1) is 0 Å². The Morgan fingerprint density at radius 2 is 1.24 bits per heavy atom. The molecule has 0 atom stereocenters. The van der Waals surface area contributed by atoms with E-state index in [0.717, 1.165) is 24.5 Å². The predicted molar refractivity (Wildman–Crippen MR) is 84.3 cm³/mol. The van der Waals surface area contributed by atoms with E-state index in [1.54, 1.807) is 0 Å². The van der Waals surface area contributed by atoms with E-state index in [9.17, 15) is 5.11 Å². The van der Waals surface area contributed by atoms with Crippen LogP contribution in [0.1, 0.15) is 0 Å².